The number of ether oxygens (including phenoxy) is 2. The molecule has 37 heavy (non-hydrogen) atoms. The van der Waals surface area contributed by atoms with E-state index in [9.17, 15) is 18.4 Å². The van der Waals surface area contributed by atoms with E-state index in [1.165, 1.54) is 18.2 Å². The number of nitrogens with zero attached hydrogens (tertiary/aromatic N) is 3. The summed E-state index contributed by atoms with van der Waals surface area (Å²) in [5.41, 5.74) is 6.37. The molecule has 2 saturated carbocycles. The van der Waals surface area contributed by atoms with E-state index in [2.05, 4.69) is 15.0 Å². The van der Waals surface area contributed by atoms with Crippen molar-refractivity contribution in [1.29, 1.82) is 0 Å². The molecule has 3 fully saturated rings. The fraction of sp³-hybridized carbons (Fsp3) is 0.560. The van der Waals surface area contributed by atoms with Gasteiger partial charge >= 0.3 is 12.6 Å². The van der Waals surface area contributed by atoms with E-state index in [0.29, 0.717) is 56.7 Å². The molecule has 1 saturated heterocycles. The van der Waals surface area contributed by atoms with Gasteiger partial charge in [-0.2, -0.15) is 8.78 Å². The molecule has 0 bridgehead atoms. The van der Waals surface area contributed by atoms with Gasteiger partial charge in [0.2, 0.25) is 5.89 Å². The first kappa shape index (κ1) is 25.2. The van der Waals surface area contributed by atoms with Crippen LogP contribution in [-0.4, -0.2) is 72.7 Å². The molecule has 10 nitrogen and oxygen atoms in total. The molecule has 1 aromatic carbocycles. The summed E-state index contributed by atoms with van der Waals surface area (Å²) in [5, 5.41) is 2.95. The van der Waals surface area contributed by atoms with Gasteiger partial charge in [-0.15, -0.1) is 0 Å². The molecule has 0 spiro atoms. The zero-order chi connectivity index (χ0) is 25.9. The largest absolute Gasteiger partial charge is 0.489 e. The molecule has 5 rings (SSSR count). The lowest BCUT2D eigenvalue weighted by atomic mass is 10.2. The van der Waals surface area contributed by atoms with E-state index in [1.807, 2.05) is 0 Å². The third kappa shape index (κ3) is 6.30. The first-order chi connectivity index (χ1) is 17.9. The third-order valence-electron chi connectivity index (χ3n) is 6.76. The predicted molar refractivity (Wildman–Crippen MR) is 128 cm³/mol. The lowest BCUT2D eigenvalue weighted by molar-refractivity contribution is -0.0515. The Kier molecular flexibility index (Phi) is 7.45. The number of aromatic nitrogens is 1. The van der Waals surface area contributed by atoms with Gasteiger partial charge in [-0.05, 0) is 55.7 Å². The second kappa shape index (κ2) is 10.9. The standard InChI is InChI=1S/C25H31F2N5O5/c26-24(27)37-18-6-5-17(11-19(18)35-14-16-3-4-16)22-30-21(20(12-28)36-22)23(33)31-7-9-32(10-8-31)25(34)29-13-15-1-2-15/h5-6,11,15-16,24H,1-4,7-10,12-14,28H2,(H,29,34). The van der Waals surface area contributed by atoms with Gasteiger partial charge in [-0.1, -0.05) is 0 Å². The van der Waals surface area contributed by atoms with Gasteiger partial charge in [0.05, 0.1) is 13.2 Å². The average molecular weight is 520 g/mol. The molecule has 1 aliphatic heterocycles. The zero-order valence-corrected chi connectivity index (χ0v) is 20.5. The predicted octanol–water partition coefficient (Wildman–Crippen LogP) is 3.07. The van der Waals surface area contributed by atoms with Gasteiger partial charge in [0.25, 0.3) is 5.91 Å². The molecule has 200 valence electrons. The molecule has 2 aliphatic carbocycles. The molecule has 2 aromatic rings. The Balaban J connectivity index is 1.27. The highest BCUT2D eigenvalue weighted by Crippen LogP contribution is 2.37. The Labute approximate surface area is 213 Å². The van der Waals surface area contributed by atoms with Crippen LogP contribution >= 0.6 is 0 Å². The molecule has 12 heteroatoms. The monoisotopic (exact) mass is 519 g/mol. The van der Waals surface area contributed by atoms with E-state index in [1.54, 1.807) is 9.80 Å². The lowest BCUT2D eigenvalue weighted by Crippen LogP contribution is -2.53. The van der Waals surface area contributed by atoms with Crippen LogP contribution in [0.1, 0.15) is 41.9 Å². The van der Waals surface area contributed by atoms with Crippen molar-refractivity contribution < 1.29 is 32.3 Å². The van der Waals surface area contributed by atoms with Crippen LogP contribution in [0.25, 0.3) is 11.5 Å². The fourth-order valence-corrected chi connectivity index (χ4v) is 4.15. The number of rotatable bonds is 10. The van der Waals surface area contributed by atoms with Crippen molar-refractivity contribution in [1.82, 2.24) is 20.1 Å². The average Bonchev–Trinajstić information content (AvgIpc) is 3.84. The first-order valence-corrected chi connectivity index (χ1v) is 12.6. The molecular weight excluding hydrogens is 488 g/mol. The van der Waals surface area contributed by atoms with Gasteiger partial charge in [0, 0.05) is 38.3 Å². The second-order valence-electron chi connectivity index (χ2n) is 9.70. The second-order valence-corrected chi connectivity index (χ2v) is 9.70. The van der Waals surface area contributed by atoms with E-state index in [4.69, 9.17) is 14.9 Å². The summed E-state index contributed by atoms with van der Waals surface area (Å²) in [4.78, 5) is 33.3. The van der Waals surface area contributed by atoms with E-state index in [0.717, 1.165) is 25.7 Å². The van der Waals surface area contributed by atoms with Crippen LogP contribution in [0.3, 0.4) is 0 Å². The topological polar surface area (TPSA) is 123 Å². The number of carbonyl (C=O) groups is 2. The van der Waals surface area contributed by atoms with Crippen LogP contribution in [0.15, 0.2) is 22.6 Å². The van der Waals surface area contributed by atoms with E-state index < -0.39 is 6.61 Å². The summed E-state index contributed by atoms with van der Waals surface area (Å²) < 4.78 is 41.8. The molecule has 0 unspecified atom stereocenters. The van der Waals surface area contributed by atoms with Crippen molar-refractivity contribution in [3.8, 4) is 23.0 Å². The van der Waals surface area contributed by atoms with Gasteiger partial charge in [-0.25, -0.2) is 9.78 Å². The highest BCUT2D eigenvalue weighted by molar-refractivity contribution is 5.94. The maximum absolute atomic E-state index is 13.3. The number of urea groups is 1. The molecule has 2 heterocycles. The molecule has 3 N–H and O–H groups in total. The quantitative estimate of drug-likeness (QED) is 0.495. The number of nitrogens with one attached hydrogen (secondary N) is 1. The Morgan fingerprint density at radius 2 is 1.78 bits per heavy atom. The van der Waals surface area contributed by atoms with Crippen molar-refractivity contribution >= 4 is 11.9 Å². The highest BCUT2D eigenvalue weighted by atomic mass is 19.3. The Morgan fingerprint density at radius 1 is 1.08 bits per heavy atom. The van der Waals surface area contributed by atoms with Crippen LogP contribution in [0.5, 0.6) is 11.5 Å². The number of carbonyl (C=O) groups excluding carboxylic acids is 2. The minimum absolute atomic E-state index is 0.0464. The normalized spacial score (nSPS) is 17.7. The van der Waals surface area contributed by atoms with Gasteiger partial charge in [-0.3, -0.25) is 4.79 Å². The van der Waals surface area contributed by atoms with Crippen molar-refractivity contribution in [2.45, 2.75) is 38.8 Å². The summed E-state index contributed by atoms with van der Waals surface area (Å²) in [6.45, 7) is -0.389. The maximum Gasteiger partial charge on any atom is 0.387 e. The summed E-state index contributed by atoms with van der Waals surface area (Å²) in [7, 11) is 0. The van der Waals surface area contributed by atoms with Gasteiger partial charge in [0.1, 0.15) is 0 Å². The fourth-order valence-electron chi connectivity index (χ4n) is 4.15. The Morgan fingerprint density at radius 3 is 2.43 bits per heavy atom. The number of alkyl halides is 2. The summed E-state index contributed by atoms with van der Waals surface area (Å²) in [5.74, 6) is 1.08. The van der Waals surface area contributed by atoms with Crippen molar-refractivity contribution in [3.63, 3.8) is 0 Å². The summed E-state index contributed by atoms with van der Waals surface area (Å²) >= 11 is 0. The summed E-state index contributed by atoms with van der Waals surface area (Å²) in [6.07, 6.45) is 4.40. The maximum atomic E-state index is 13.3. The minimum Gasteiger partial charge on any atom is -0.489 e. The Bertz CT molecular complexity index is 1130. The molecule has 0 radical (unpaired) electrons. The number of hydrogen-bond donors (Lipinski definition) is 2. The van der Waals surface area contributed by atoms with E-state index >= 15 is 0 Å². The lowest BCUT2D eigenvalue weighted by Gasteiger charge is -2.34. The minimum atomic E-state index is -2.99. The van der Waals surface area contributed by atoms with Crippen LogP contribution in [0.2, 0.25) is 0 Å². The van der Waals surface area contributed by atoms with E-state index in [-0.39, 0.29) is 47.3 Å². The number of amides is 3. The molecular formula is C25H31F2N5O5. The number of piperazine rings is 1. The SMILES string of the molecule is NCc1oc(-c2ccc(OC(F)F)c(OCC3CC3)c2)nc1C(=O)N1CCN(C(=O)NCC2CC2)CC1. The van der Waals surface area contributed by atoms with Crippen LogP contribution in [-0.2, 0) is 6.54 Å². The molecule has 3 amide bonds. The first-order valence-electron chi connectivity index (χ1n) is 12.6. The number of oxazole rings is 1. The summed E-state index contributed by atoms with van der Waals surface area (Å²) in [6, 6.07) is 4.29. The van der Waals surface area contributed by atoms with Crippen LogP contribution in [0, 0.1) is 11.8 Å². The van der Waals surface area contributed by atoms with Crippen molar-refractivity contribution in [2.75, 3.05) is 39.3 Å². The zero-order valence-electron chi connectivity index (χ0n) is 20.5. The number of benzene rings is 1. The molecule has 1 aromatic heterocycles. The molecule has 3 aliphatic rings. The number of nitrogens with two attached hydrogens (primary N) is 1. The van der Waals surface area contributed by atoms with Crippen LogP contribution < -0.4 is 20.5 Å². The van der Waals surface area contributed by atoms with Crippen molar-refractivity contribution in [2.24, 2.45) is 17.6 Å². The smallest absolute Gasteiger partial charge is 0.387 e. The third-order valence-corrected chi connectivity index (χ3v) is 6.76. The highest BCUT2D eigenvalue weighted by Gasteiger charge is 2.30. The number of halogens is 2. The van der Waals surface area contributed by atoms with Gasteiger partial charge in [0.15, 0.2) is 23.0 Å². The van der Waals surface area contributed by atoms with Crippen LogP contribution in [0.4, 0.5) is 13.6 Å². The molecule has 0 atom stereocenters. The Hall–Kier alpha value is -3.41. The number of hydrogen-bond acceptors (Lipinski definition) is 7. The van der Waals surface area contributed by atoms with Gasteiger partial charge < -0.3 is 34.7 Å². The van der Waals surface area contributed by atoms with Crippen molar-refractivity contribution in [3.05, 3.63) is 29.7 Å².